The molecule has 7 heteroatoms. The van der Waals surface area contributed by atoms with E-state index in [1.54, 1.807) is 7.11 Å². The summed E-state index contributed by atoms with van der Waals surface area (Å²) in [7, 11) is 1.62. The van der Waals surface area contributed by atoms with Crippen LogP contribution in [0.5, 0.6) is 5.88 Å². The Hall–Kier alpha value is -2.15. The molecule has 2 aliphatic rings. The number of hydrogen-bond acceptors (Lipinski definition) is 6. The molecule has 7 nitrogen and oxygen atoms in total. The van der Waals surface area contributed by atoms with Gasteiger partial charge in [0.1, 0.15) is 12.1 Å². The molecule has 0 saturated heterocycles. The molecule has 23 heavy (non-hydrogen) atoms. The maximum Gasteiger partial charge on any atom is 0.218 e. The van der Waals surface area contributed by atoms with Crippen molar-refractivity contribution in [3.63, 3.8) is 0 Å². The molecule has 4 rings (SSSR count). The molecule has 2 aromatic rings. The number of fused-ring (bicyclic) bond motifs is 1. The van der Waals surface area contributed by atoms with Gasteiger partial charge in [0.25, 0.3) is 0 Å². The molecule has 0 N–H and O–H groups in total. The van der Waals surface area contributed by atoms with E-state index >= 15 is 0 Å². The Morgan fingerprint density at radius 1 is 1.26 bits per heavy atom. The summed E-state index contributed by atoms with van der Waals surface area (Å²) in [5.41, 5.74) is 1.17. The van der Waals surface area contributed by atoms with Crippen molar-refractivity contribution >= 4 is 5.82 Å². The first-order chi connectivity index (χ1) is 11.3. The van der Waals surface area contributed by atoms with Crippen LogP contribution in [0.4, 0.5) is 5.82 Å². The van der Waals surface area contributed by atoms with Gasteiger partial charge < -0.3 is 14.4 Å². The molecule has 1 atom stereocenters. The van der Waals surface area contributed by atoms with Crippen molar-refractivity contribution in [1.82, 2.24) is 19.7 Å². The monoisotopic (exact) mass is 315 g/mol. The van der Waals surface area contributed by atoms with Crippen LogP contribution in [0.25, 0.3) is 0 Å². The average molecular weight is 315 g/mol. The molecule has 0 radical (unpaired) electrons. The second kappa shape index (κ2) is 6.16. The number of methoxy groups -OCH3 is 1. The highest BCUT2D eigenvalue weighted by Gasteiger charge is 2.27. The molecule has 1 aliphatic carbocycles. The molecule has 122 valence electrons. The van der Waals surface area contributed by atoms with E-state index in [-0.39, 0.29) is 6.10 Å². The van der Waals surface area contributed by atoms with Crippen LogP contribution >= 0.6 is 0 Å². The van der Waals surface area contributed by atoms with Crippen molar-refractivity contribution in [2.75, 3.05) is 25.2 Å². The Balaban J connectivity index is 1.56. The van der Waals surface area contributed by atoms with E-state index in [4.69, 9.17) is 9.47 Å². The van der Waals surface area contributed by atoms with Crippen LogP contribution < -0.4 is 9.64 Å². The maximum atomic E-state index is 6.14. The minimum atomic E-state index is 0.109. The van der Waals surface area contributed by atoms with Crippen LogP contribution in [0, 0.1) is 5.92 Å². The van der Waals surface area contributed by atoms with E-state index in [2.05, 4.69) is 26.0 Å². The lowest BCUT2D eigenvalue weighted by molar-refractivity contribution is 0.0392. The summed E-state index contributed by atoms with van der Waals surface area (Å²) in [4.78, 5) is 10.7. The highest BCUT2D eigenvalue weighted by Crippen LogP contribution is 2.30. The van der Waals surface area contributed by atoms with Crippen molar-refractivity contribution in [1.29, 1.82) is 0 Å². The summed E-state index contributed by atoms with van der Waals surface area (Å²) < 4.78 is 13.4. The van der Waals surface area contributed by atoms with Gasteiger partial charge >= 0.3 is 0 Å². The summed E-state index contributed by atoms with van der Waals surface area (Å²) >= 11 is 0. The van der Waals surface area contributed by atoms with Crippen LogP contribution in [0.3, 0.4) is 0 Å². The molecule has 0 bridgehead atoms. The predicted octanol–water partition coefficient (Wildman–Crippen LogP) is 1.50. The Morgan fingerprint density at radius 2 is 2.17 bits per heavy atom. The molecular formula is C16H21N5O2. The SMILES string of the molecule is COc1cc(N2Cc3ccnn3CC(OCC3CC3)C2)ncn1. The molecule has 1 aliphatic heterocycles. The van der Waals surface area contributed by atoms with Gasteiger partial charge in [0.05, 0.1) is 32.0 Å². The van der Waals surface area contributed by atoms with Crippen LogP contribution in [0.1, 0.15) is 18.5 Å². The third-order valence-electron chi connectivity index (χ3n) is 4.38. The van der Waals surface area contributed by atoms with Gasteiger partial charge in [0.15, 0.2) is 0 Å². The number of hydrogen-bond donors (Lipinski definition) is 0. The minimum Gasteiger partial charge on any atom is -0.481 e. The zero-order valence-electron chi connectivity index (χ0n) is 13.3. The zero-order chi connectivity index (χ0) is 15.6. The lowest BCUT2D eigenvalue weighted by atomic mass is 10.3. The van der Waals surface area contributed by atoms with E-state index in [9.17, 15) is 0 Å². The summed E-state index contributed by atoms with van der Waals surface area (Å²) in [6.07, 6.45) is 6.09. The fourth-order valence-electron chi connectivity index (χ4n) is 2.87. The Morgan fingerprint density at radius 3 is 3.00 bits per heavy atom. The highest BCUT2D eigenvalue weighted by atomic mass is 16.5. The first-order valence-electron chi connectivity index (χ1n) is 8.05. The van der Waals surface area contributed by atoms with Gasteiger partial charge in [-0.05, 0) is 24.8 Å². The number of nitrogens with zero attached hydrogens (tertiary/aromatic N) is 5. The third kappa shape index (κ3) is 3.29. The molecule has 3 heterocycles. The lowest BCUT2D eigenvalue weighted by Gasteiger charge is -2.25. The Bertz CT molecular complexity index is 670. The first kappa shape index (κ1) is 14.4. The fourth-order valence-corrected chi connectivity index (χ4v) is 2.87. The van der Waals surface area contributed by atoms with Gasteiger partial charge in [0, 0.05) is 25.4 Å². The van der Waals surface area contributed by atoms with E-state index in [1.807, 2.05) is 16.9 Å². The van der Waals surface area contributed by atoms with Crippen LogP contribution in [-0.4, -0.2) is 46.1 Å². The van der Waals surface area contributed by atoms with Gasteiger partial charge in [-0.15, -0.1) is 0 Å². The minimum absolute atomic E-state index is 0.109. The van der Waals surface area contributed by atoms with Crippen molar-refractivity contribution in [3.05, 3.63) is 30.4 Å². The quantitative estimate of drug-likeness (QED) is 0.833. The number of anilines is 1. The second-order valence-corrected chi connectivity index (χ2v) is 6.20. The number of aromatic nitrogens is 4. The van der Waals surface area contributed by atoms with E-state index in [0.717, 1.165) is 38.0 Å². The first-order valence-corrected chi connectivity index (χ1v) is 8.05. The van der Waals surface area contributed by atoms with Gasteiger partial charge in [0.2, 0.25) is 5.88 Å². The van der Waals surface area contributed by atoms with E-state index < -0.39 is 0 Å². The van der Waals surface area contributed by atoms with Crippen LogP contribution in [-0.2, 0) is 17.8 Å². The largest absolute Gasteiger partial charge is 0.481 e. The summed E-state index contributed by atoms with van der Waals surface area (Å²) in [6, 6.07) is 3.92. The van der Waals surface area contributed by atoms with Gasteiger partial charge in [-0.25, -0.2) is 9.97 Å². The van der Waals surface area contributed by atoms with Gasteiger partial charge in [-0.1, -0.05) is 0 Å². The predicted molar refractivity (Wildman–Crippen MR) is 84.3 cm³/mol. The van der Waals surface area contributed by atoms with Crippen molar-refractivity contribution in [2.24, 2.45) is 5.92 Å². The summed E-state index contributed by atoms with van der Waals surface area (Å²) in [6.45, 7) is 3.18. The maximum absolute atomic E-state index is 6.14. The Labute approximate surface area is 135 Å². The third-order valence-corrected chi connectivity index (χ3v) is 4.38. The normalized spacial score (nSPS) is 20.9. The lowest BCUT2D eigenvalue weighted by Crippen LogP contribution is -2.34. The van der Waals surface area contributed by atoms with Crippen LogP contribution in [0.15, 0.2) is 24.7 Å². The number of rotatable bonds is 5. The van der Waals surface area contributed by atoms with Crippen LogP contribution in [0.2, 0.25) is 0 Å². The van der Waals surface area contributed by atoms with Gasteiger partial charge in [-0.2, -0.15) is 5.10 Å². The number of ether oxygens (including phenoxy) is 2. The smallest absolute Gasteiger partial charge is 0.218 e. The molecule has 0 aromatic carbocycles. The zero-order valence-corrected chi connectivity index (χ0v) is 13.3. The molecule has 1 saturated carbocycles. The average Bonchev–Trinajstić information content (AvgIpc) is 3.35. The molecule has 1 unspecified atom stereocenters. The molecular weight excluding hydrogens is 294 g/mol. The molecule has 0 amide bonds. The van der Waals surface area contributed by atoms with Crippen molar-refractivity contribution < 1.29 is 9.47 Å². The fraction of sp³-hybridized carbons (Fsp3) is 0.562. The topological polar surface area (TPSA) is 65.3 Å². The van der Waals surface area contributed by atoms with Crippen molar-refractivity contribution in [2.45, 2.75) is 32.0 Å². The summed E-state index contributed by atoms with van der Waals surface area (Å²) in [5.74, 6) is 2.18. The van der Waals surface area contributed by atoms with E-state index in [1.165, 1.54) is 24.9 Å². The highest BCUT2D eigenvalue weighted by molar-refractivity contribution is 5.41. The second-order valence-electron chi connectivity index (χ2n) is 6.20. The molecule has 0 spiro atoms. The van der Waals surface area contributed by atoms with E-state index in [0.29, 0.717) is 5.88 Å². The molecule has 1 fully saturated rings. The Kier molecular flexibility index (Phi) is 3.87. The standard InChI is InChI=1S/C16H21N5O2/c1-22-16-6-15(17-11-18-16)20-7-13-4-5-19-21(13)9-14(8-20)23-10-12-2-3-12/h4-6,11-12,14H,2-3,7-10H2,1H3. The van der Waals surface area contributed by atoms with Gasteiger partial charge in [-0.3, -0.25) is 4.68 Å². The summed E-state index contributed by atoms with van der Waals surface area (Å²) in [5, 5.41) is 4.42. The molecule has 2 aromatic heterocycles. The van der Waals surface area contributed by atoms with Crippen molar-refractivity contribution in [3.8, 4) is 5.88 Å².